The highest BCUT2D eigenvalue weighted by Crippen LogP contribution is 2.38. The number of hydrogen-bond acceptors (Lipinski definition) is 7. The summed E-state index contributed by atoms with van der Waals surface area (Å²) in [7, 11) is 2.49. The normalized spacial score (nSPS) is 26.6. The van der Waals surface area contributed by atoms with Gasteiger partial charge in [0.2, 0.25) is 0 Å². The van der Waals surface area contributed by atoms with Crippen LogP contribution in [0.15, 0.2) is 0 Å². The molecule has 8 nitrogen and oxygen atoms in total. The van der Waals surface area contributed by atoms with E-state index in [4.69, 9.17) is 19.9 Å². The Labute approximate surface area is 142 Å². The summed E-state index contributed by atoms with van der Waals surface area (Å²) in [5.74, 6) is -2.92. The molecule has 0 radical (unpaired) electrons. The van der Waals surface area contributed by atoms with Crippen molar-refractivity contribution in [1.82, 2.24) is 5.32 Å². The Morgan fingerprint density at radius 2 is 1.75 bits per heavy atom. The van der Waals surface area contributed by atoms with Gasteiger partial charge >= 0.3 is 18.0 Å². The largest absolute Gasteiger partial charge is 0.469 e. The summed E-state index contributed by atoms with van der Waals surface area (Å²) in [6, 6.07) is -0.647. The molecule has 1 aliphatic carbocycles. The number of methoxy groups -OCH3 is 2. The fourth-order valence-electron chi connectivity index (χ4n) is 2.94. The number of amides is 1. The molecule has 0 heterocycles. The predicted molar refractivity (Wildman–Crippen MR) is 85.9 cm³/mol. The molecule has 24 heavy (non-hydrogen) atoms. The zero-order valence-electron chi connectivity index (χ0n) is 15.0. The standard InChI is InChI=1S/C16H28N2O6/c1-6-16(2,3)24-15(21)18-12-9(8-17)7-10(13(19)22-4)11(12)14(20)23-5/h9-12H,6-8,17H2,1-5H3,(H,18,21)/t9-,10?,11+,12+/m1/s1. The lowest BCUT2D eigenvalue weighted by molar-refractivity contribution is -0.156. The molecule has 138 valence electrons. The first kappa shape index (κ1) is 20.2. The lowest BCUT2D eigenvalue weighted by Crippen LogP contribution is -2.49. The molecule has 1 saturated carbocycles. The van der Waals surface area contributed by atoms with Crippen molar-refractivity contribution in [3.63, 3.8) is 0 Å². The average molecular weight is 344 g/mol. The van der Waals surface area contributed by atoms with Crippen LogP contribution in [0.2, 0.25) is 0 Å². The van der Waals surface area contributed by atoms with Crippen LogP contribution in [0.1, 0.15) is 33.6 Å². The SMILES string of the molecule is CCC(C)(C)OC(=O)N[C@H]1[C@@H](CN)CC(C(=O)OC)[C@@H]1C(=O)OC. The minimum Gasteiger partial charge on any atom is -0.469 e. The van der Waals surface area contributed by atoms with Crippen molar-refractivity contribution in [2.24, 2.45) is 23.5 Å². The summed E-state index contributed by atoms with van der Waals surface area (Å²) in [6.45, 7) is 5.69. The number of alkyl carbamates (subject to hydrolysis) is 1. The van der Waals surface area contributed by atoms with E-state index in [2.05, 4.69) is 5.32 Å². The zero-order valence-corrected chi connectivity index (χ0v) is 15.0. The molecule has 4 atom stereocenters. The maximum Gasteiger partial charge on any atom is 0.407 e. The van der Waals surface area contributed by atoms with Gasteiger partial charge in [-0.05, 0) is 39.2 Å². The number of carbonyl (C=O) groups is 3. The first-order chi connectivity index (χ1) is 11.2. The highest BCUT2D eigenvalue weighted by atomic mass is 16.6. The Morgan fingerprint density at radius 1 is 1.17 bits per heavy atom. The van der Waals surface area contributed by atoms with Crippen molar-refractivity contribution in [2.75, 3.05) is 20.8 Å². The number of ether oxygens (including phenoxy) is 3. The first-order valence-corrected chi connectivity index (χ1v) is 8.06. The van der Waals surface area contributed by atoms with Gasteiger partial charge in [-0.15, -0.1) is 0 Å². The molecule has 0 bridgehead atoms. The molecule has 0 aromatic carbocycles. The first-order valence-electron chi connectivity index (χ1n) is 8.06. The molecule has 0 aromatic heterocycles. The lowest BCUT2D eigenvalue weighted by atomic mass is 9.93. The maximum atomic E-state index is 12.2. The number of nitrogens with one attached hydrogen (secondary N) is 1. The second-order valence-corrected chi connectivity index (χ2v) is 6.58. The van der Waals surface area contributed by atoms with Crippen LogP contribution in [0.3, 0.4) is 0 Å². The second kappa shape index (κ2) is 8.32. The van der Waals surface area contributed by atoms with Crippen LogP contribution < -0.4 is 11.1 Å². The fraction of sp³-hybridized carbons (Fsp3) is 0.812. The van der Waals surface area contributed by atoms with Crippen LogP contribution in [0.5, 0.6) is 0 Å². The minimum absolute atomic E-state index is 0.211. The topological polar surface area (TPSA) is 117 Å². The van der Waals surface area contributed by atoms with Crippen molar-refractivity contribution in [1.29, 1.82) is 0 Å². The van der Waals surface area contributed by atoms with Gasteiger partial charge in [-0.1, -0.05) is 6.92 Å². The van der Waals surface area contributed by atoms with Gasteiger partial charge in [0.25, 0.3) is 0 Å². The molecule has 1 fully saturated rings. The van der Waals surface area contributed by atoms with Crippen molar-refractivity contribution in [2.45, 2.75) is 45.3 Å². The fourth-order valence-corrected chi connectivity index (χ4v) is 2.94. The molecule has 0 saturated heterocycles. The summed E-state index contributed by atoms with van der Waals surface area (Å²) >= 11 is 0. The molecule has 3 N–H and O–H groups in total. The van der Waals surface area contributed by atoms with E-state index < -0.39 is 41.5 Å². The van der Waals surface area contributed by atoms with Crippen LogP contribution in [0, 0.1) is 17.8 Å². The monoisotopic (exact) mass is 344 g/mol. The number of nitrogens with two attached hydrogens (primary N) is 1. The van der Waals surface area contributed by atoms with Gasteiger partial charge in [-0.2, -0.15) is 0 Å². The summed E-state index contributed by atoms with van der Waals surface area (Å²) in [6.07, 6.45) is 0.325. The molecular weight excluding hydrogens is 316 g/mol. The van der Waals surface area contributed by atoms with Gasteiger partial charge in [0, 0.05) is 0 Å². The smallest absolute Gasteiger partial charge is 0.407 e. The van der Waals surface area contributed by atoms with Gasteiger partial charge in [-0.3, -0.25) is 9.59 Å². The van der Waals surface area contributed by atoms with E-state index >= 15 is 0 Å². The van der Waals surface area contributed by atoms with Gasteiger partial charge < -0.3 is 25.3 Å². The summed E-state index contributed by atoms with van der Waals surface area (Å²) in [5, 5.41) is 2.69. The molecule has 1 aliphatic rings. The molecule has 0 aliphatic heterocycles. The van der Waals surface area contributed by atoms with E-state index in [1.54, 1.807) is 13.8 Å². The van der Waals surface area contributed by atoms with Crippen LogP contribution >= 0.6 is 0 Å². The van der Waals surface area contributed by atoms with E-state index in [1.807, 2.05) is 6.92 Å². The van der Waals surface area contributed by atoms with Gasteiger partial charge in [0.15, 0.2) is 0 Å². The molecular formula is C16H28N2O6. The third-order valence-electron chi connectivity index (χ3n) is 4.67. The summed E-state index contributed by atoms with van der Waals surface area (Å²) < 4.78 is 14.9. The molecule has 1 rings (SSSR count). The summed E-state index contributed by atoms with van der Waals surface area (Å²) in [4.78, 5) is 36.4. The van der Waals surface area contributed by atoms with E-state index in [9.17, 15) is 14.4 Å². The Kier molecular flexibility index (Phi) is 7.01. The lowest BCUT2D eigenvalue weighted by Gasteiger charge is -2.28. The third-order valence-corrected chi connectivity index (χ3v) is 4.67. The average Bonchev–Trinajstić information content (AvgIpc) is 2.91. The molecule has 1 amide bonds. The number of hydrogen-bond donors (Lipinski definition) is 2. The third kappa shape index (κ3) is 4.59. The second-order valence-electron chi connectivity index (χ2n) is 6.58. The molecule has 8 heteroatoms. The van der Waals surface area contributed by atoms with Crippen LogP contribution in [-0.4, -0.2) is 50.4 Å². The van der Waals surface area contributed by atoms with Crippen molar-refractivity contribution in [3.05, 3.63) is 0 Å². The quantitative estimate of drug-likeness (QED) is 0.541. The predicted octanol–water partition coefficient (Wildman–Crippen LogP) is 0.827. The summed E-state index contributed by atoms with van der Waals surface area (Å²) in [5.41, 5.74) is 5.13. The number of carbonyl (C=O) groups excluding carboxylic acids is 3. The van der Waals surface area contributed by atoms with Gasteiger partial charge in [-0.25, -0.2) is 4.79 Å². The van der Waals surface area contributed by atoms with Crippen molar-refractivity contribution in [3.8, 4) is 0 Å². The number of rotatable bonds is 6. The maximum absolute atomic E-state index is 12.2. The van der Waals surface area contributed by atoms with E-state index in [0.29, 0.717) is 12.8 Å². The van der Waals surface area contributed by atoms with Crippen LogP contribution in [0.4, 0.5) is 4.79 Å². The van der Waals surface area contributed by atoms with Gasteiger partial charge in [0.1, 0.15) is 5.60 Å². The zero-order chi connectivity index (χ0) is 18.5. The van der Waals surface area contributed by atoms with E-state index in [-0.39, 0.29) is 12.5 Å². The van der Waals surface area contributed by atoms with Crippen molar-refractivity contribution < 1.29 is 28.6 Å². The Hall–Kier alpha value is -1.83. The van der Waals surface area contributed by atoms with Crippen molar-refractivity contribution >= 4 is 18.0 Å². The highest BCUT2D eigenvalue weighted by molar-refractivity contribution is 5.84. The van der Waals surface area contributed by atoms with E-state index in [1.165, 1.54) is 14.2 Å². The highest BCUT2D eigenvalue weighted by Gasteiger charge is 2.51. The Morgan fingerprint density at radius 3 is 2.21 bits per heavy atom. The minimum atomic E-state index is -0.853. The number of esters is 2. The molecule has 1 unspecified atom stereocenters. The van der Waals surface area contributed by atoms with E-state index in [0.717, 1.165) is 0 Å². The van der Waals surface area contributed by atoms with Crippen LogP contribution in [0.25, 0.3) is 0 Å². The Bertz CT molecular complexity index is 479. The van der Waals surface area contributed by atoms with Gasteiger partial charge in [0.05, 0.1) is 32.1 Å². The van der Waals surface area contributed by atoms with Crippen LogP contribution in [-0.2, 0) is 23.8 Å². The molecule has 0 spiro atoms. The molecule has 0 aromatic rings. The Balaban J connectivity index is 2.99.